The summed E-state index contributed by atoms with van der Waals surface area (Å²) >= 11 is 3.34. The molecular formula is C9H11BrN2O. The smallest absolute Gasteiger partial charge is 0.226 e. The topological polar surface area (TPSA) is 69.1 Å². The lowest BCUT2D eigenvalue weighted by Crippen LogP contribution is -2.28. The molecule has 0 aromatic heterocycles. The monoisotopic (exact) mass is 242 g/mol. The number of hydrogen-bond donors (Lipinski definition) is 2. The summed E-state index contributed by atoms with van der Waals surface area (Å²) in [7, 11) is 0. The molecule has 0 aliphatic carbocycles. The van der Waals surface area contributed by atoms with E-state index < -0.39 is 11.8 Å². The molecule has 4 heteroatoms. The van der Waals surface area contributed by atoms with E-state index in [9.17, 15) is 4.79 Å². The Labute approximate surface area is 85.2 Å². The van der Waals surface area contributed by atoms with Gasteiger partial charge in [-0.15, -0.1) is 0 Å². The molecular weight excluding hydrogens is 232 g/mol. The van der Waals surface area contributed by atoms with Crippen LogP contribution in [0.1, 0.15) is 11.5 Å². The average molecular weight is 243 g/mol. The van der Waals surface area contributed by atoms with Crippen molar-refractivity contribution < 1.29 is 4.79 Å². The van der Waals surface area contributed by atoms with E-state index in [4.69, 9.17) is 11.5 Å². The summed E-state index contributed by atoms with van der Waals surface area (Å²) in [5.41, 5.74) is 11.5. The van der Waals surface area contributed by atoms with Crippen LogP contribution in [0.4, 0.5) is 0 Å². The summed E-state index contributed by atoms with van der Waals surface area (Å²) in [6, 6.07) is 7.43. The molecule has 0 fully saturated rings. The highest BCUT2D eigenvalue weighted by Crippen LogP contribution is 2.23. The Hall–Kier alpha value is -0.870. The molecule has 0 radical (unpaired) electrons. The van der Waals surface area contributed by atoms with E-state index in [-0.39, 0.29) is 6.54 Å². The Morgan fingerprint density at radius 3 is 2.54 bits per heavy atom. The Morgan fingerprint density at radius 1 is 1.46 bits per heavy atom. The van der Waals surface area contributed by atoms with Gasteiger partial charge in [-0.3, -0.25) is 4.79 Å². The number of carbonyl (C=O) groups excluding carboxylic acids is 1. The van der Waals surface area contributed by atoms with E-state index in [1.165, 1.54) is 0 Å². The van der Waals surface area contributed by atoms with Crippen molar-refractivity contribution in [2.75, 3.05) is 6.54 Å². The number of benzene rings is 1. The molecule has 0 aliphatic rings. The fourth-order valence-electron chi connectivity index (χ4n) is 1.15. The minimum atomic E-state index is -0.407. The Bertz CT molecular complexity index is 314. The van der Waals surface area contributed by atoms with Crippen molar-refractivity contribution in [3.63, 3.8) is 0 Å². The molecule has 70 valence electrons. The van der Waals surface area contributed by atoms with Crippen LogP contribution in [0.2, 0.25) is 0 Å². The summed E-state index contributed by atoms with van der Waals surface area (Å²) in [5, 5.41) is 0. The molecule has 13 heavy (non-hydrogen) atoms. The van der Waals surface area contributed by atoms with Crippen LogP contribution < -0.4 is 11.5 Å². The van der Waals surface area contributed by atoms with E-state index in [0.29, 0.717) is 0 Å². The van der Waals surface area contributed by atoms with Crippen molar-refractivity contribution in [3.05, 3.63) is 34.3 Å². The molecule has 0 heterocycles. The molecule has 4 N–H and O–H groups in total. The number of carbonyl (C=O) groups is 1. The fraction of sp³-hybridized carbons (Fsp3) is 0.222. The number of amides is 1. The van der Waals surface area contributed by atoms with Crippen LogP contribution in [0, 0.1) is 0 Å². The molecule has 1 aromatic rings. The van der Waals surface area contributed by atoms with Crippen molar-refractivity contribution in [1.29, 1.82) is 0 Å². The van der Waals surface area contributed by atoms with Crippen LogP contribution in [-0.4, -0.2) is 12.5 Å². The van der Waals surface area contributed by atoms with Crippen LogP contribution >= 0.6 is 15.9 Å². The Balaban J connectivity index is 3.04. The second kappa shape index (κ2) is 4.39. The highest BCUT2D eigenvalue weighted by molar-refractivity contribution is 9.10. The molecule has 0 saturated carbocycles. The van der Waals surface area contributed by atoms with Gasteiger partial charge in [0.05, 0.1) is 5.92 Å². The second-order valence-corrected chi connectivity index (χ2v) is 3.57. The van der Waals surface area contributed by atoms with Crippen molar-refractivity contribution in [1.82, 2.24) is 0 Å². The van der Waals surface area contributed by atoms with Gasteiger partial charge in [-0.05, 0) is 11.6 Å². The fourth-order valence-corrected chi connectivity index (χ4v) is 1.72. The first-order valence-electron chi connectivity index (χ1n) is 3.90. The van der Waals surface area contributed by atoms with Gasteiger partial charge in [-0.2, -0.15) is 0 Å². The van der Waals surface area contributed by atoms with E-state index in [0.717, 1.165) is 10.0 Å². The first-order chi connectivity index (χ1) is 6.16. The Morgan fingerprint density at radius 2 is 2.08 bits per heavy atom. The summed E-state index contributed by atoms with van der Waals surface area (Å²) in [6.07, 6.45) is 0. The van der Waals surface area contributed by atoms with Gasteiger partial charge >= 0.3 is 0 Å². The number of nitrogens with two attached hydrogens (primary N) is 2. The molecule has 0 aliphatic heterocycles. The van der Waals surface area contributed by atoms with Crippen LogP contribution in [0.5, 0.6) is 0 Å². The van der Waals surface area contributed by atoms with Crippen molar-refractivity contribution >= 4 is 21.8 Å². The summed E-state index contributed by atoms with van der Waals surface area (Å²) < 4.78 is 0.865. The lowest BCUT2D eigenvalue weighted by atomic mass is 9.99. The number of hydrogen-bond acceptors (Lipinski definition) is 2. The van der Waals surface area contributed by atoms with Crippen LogP contribution in [0.25, 0.3) is 0 Å². The summed E-state index contributed by atoms with van der Waals surface area (Å²) in [4.78, 5) is 11.0. The van der Waals surface area contributed by atoms with Gasteiger partial charge in [0.1, 0.15) is 0 Å². The molecule has 1 amide bonds. The van der Waals surface area contributed by atoms with Crippen LogP contribution in [-0.2, 0) is 4.79 Å². The molecule has 0 saturated heterocycles. The standard InChI is InChI=1S/C9H11BrN2O/c10-8-4-2-1-3-6(8)7(5-11)9(12)13/h1-4,7H,5,11H2,(H2,12,13). The molecule has 3 nitrogen and oxygen atoms in total. The quantitative estimate of drug-likeness (QED) is 0.830. The first kappa shape index (κ1) is 10.2. The number of halogens is 1. The molecule has 0 spiro atoms. The lowest BCUT2D eigenvalue weighted by molar-refractivity contribution is -0.119. The van der Waals surface area contributed by atoms with Crippen LogP contribution in [0.15, 0.2) is 28.7 Å². The molecule has 1 aromatic carbocycles. The molecule has 1 atom stereocenters. The number of rotatable bonds is 3. The molecule has 1 rings (SSSR count). The van der Waals surface area contributed by atoms with Gasteiger partial charge in [-0.1, -0.05) is 34.1 Å². The summed E-state index contributed by atoms with van der Waals surface area (Å²) in [5.74, 6) is -0.801. The maximum atomic E-state index is 11.0. The minimum Gasteiger partial charge on any atom is -0.369 e. The third-order valence-electron chi connectivity index (χ3n) is 1.86. The normalized spacial score (nSPS) is 12.5. The van der Waals surface area contributed by atoms with Gasteiger partial charge in [0.2, 0.25) is 5.91 Å². The predicted octanol–water partition coefficient (Wildman–Crippen LogP) is 0.977. The van der Waals surface area contributed by atoms with E-state index >= 15 is 0 Å². The highest BCUT2D eigenvalue weighted by atomic mass is 79.9. The van der Waals surface area contributed by atoms with Gasteiger partial charge in [0.15, 0.2) is 0 Å². The van der Waals surface area contributed by atoms with E-state index in [2.05, 4.69) is 15.9 Å². The third kappa shape index (κ3) is 2.29. The van der Waals surface area contributed by atoms with Gasteiger partial charge in [-0.25, -0.2) is 0 Å². The van der Waals surface area contributed by atoms with Crippen molar-refractivity contribution in [2.45, 2.75) is 5.92 Å². The minimum absolute atomic E-state index is 0.234. The summed E-state index contributed by atoms with van der Waals surface area (Å²) in [6.45, 7) is 0.234. The molecule has 0 bridgehead atoms. The molecule has 1 unspecified atom stereocenters. The zero-order chi connectivity index (χ0) is 9.84. The zero-order valence-corrected chi connectivity index (χ0v) is 8.62. The second-order valence-electron chi connectivity index (χ2n) is 2.71. The van der Waals surface area contributed by atoms with Gasteiger partial charge in [0, 0.05) is 11.0 Å². The van der Waals surface area contributed by atoms with E-state index in [1.807, 2.05) is 24.3 Å². The van der Waals surface area contributed by atoms with Crippen molar-refractivity contribution in [2.24, 2.45) is 11.5 Å². The maximum Gasteiger partial charge on any atom is 0.226 e. The van der Waals surface area contributed by atoms with E-state index in [1.54, 1.807) is 0 Å². The number of primary amides is 1. The van der Waals surface area contributed by atoms with Crippen molar-refractivity contribution in [3.8, 4) is 0 Å². The first-order valence-corrected chi connectivity index (χ1v) is 4.70. The third-order valence-corrected chi connectivity index (χ3v) is 2.58. The largest absolute Gasteiger partial charge is 0.369 e. The van der Waals surface area contributed by atoms with Gasteiger partial charge in [0.25, 0.3) is 0 Å². The van der Waals surface area contributed by atoms with Gasteiger partial charge < -0.3 is 11.5 Å². The highest BCUT2D eigenvalue weighted by Gasteiger charge is 2.17. The zero-order valence-electron chi connectivity index (χ0n) is 7.03. The SMILES string of the molecule is NCC(C(N)=O)c1ccccc1Br. The van der Waals surface area contributed by atoms with Crippen LogP contribution in [0.3, 0.4) is 0 Å². The lowest BCUT2D eigenvalue weighted by Gasteiger charge is -2.12. The Kier molecular flexibility index (Phi) is 3.45. The average Bonchev–Trinajstić information content (AvgIpc) is 2.09. The maximum absolute atomic E-state index is 11.0. The predicted molar refractivity (Wildman–Crippen MR) is 55.1 cm³/mol.